The lowest BCUT2D eigenvalue weighted by Gasteiger charge is -2.18. The average Bonchev–Trinajstić information content (AvgIpc) is 2.51. The molecule has 0 radical (unpaired) electrons. The normalized spacial score (nSPS) is 15.7. The first-order valence-corrected chi connectivity index (χ1v) is 5.40. The average molecular weight is 199 g/mol. The van der Waals surface area contributed by atoms with Gasteiger partial charge in [0.2, 0.25) is 0 Å². The predicted octanol–water partition coefficient (Wildman–Crippen LogP) is 2.48. The molecule has 0 spiro atoms. The maximum absolute atomic E-state index is 6.02. The lowest BCUT2D eigenvalue weighted by atomic mass is 10.1. The molecule has 0 fully saturated rings. The number of rotatable bonds is 4. The number of aryl methyl sites for hydroxylation is 1. The summed E-state index contributed by atoms with van der Waals surface area (Å²) < 4.78 is 5.45. The van der Waals surface area contributed by atoms with Crippen molar-refractivity contribution in [3.8, 4) is 0 Å². The number of hydrogen-bond donors (Lipinski definition) is 1. The molecule has 0 saturated carbocycles. The van der Waals surface area contributed by atoms with Crippen LogP contribution in [0.4, 0.5) is 0 Å². The second-order valence-electron chi connectivity index (χ2n) is 3.13. The molecule has 0 aliphatic heterocycles. The Morgan fingerprint density at radius 3 is 2.69 bits per heavy atom. The van der Waals surface area contributed by atoms with Crippen molar-refractivity contribution in [2.24, 2.45) is 5.73 Å². The van der Waals surface area contributed by atoms with Crippen LogP contribution in [0.1, 0.15) is 29.6 Å². The van der Waals surface area contributed by atoms with Crippen LogP contribution >= 0.6 is 11.3 Å². The van der Waals surface area contributed by atoms with Gasteiger partial charge in [-0.3, -0.25) is 0 Å². The summed E-state index contributed by atoms with van der Waals surface area (Å²) in [7, 11) is 0. The Bertz CT molecular complexity index is 259. The maximum atomic E-state index is 6.02. The first-order valence-electron chi connectivity index (χ1n) is 4.58. The summed E-state index contributed by atoms with van der Waals surface area (Å²) in [5.41, 5.74) is 6.02. The highest BCUT2D eigenvalue weighted by Crippen LogP contribution is 2.24. The van der Waals surface area contributed by atoms with Crippen LogP contribution in [0.3, 0.4) is 0 Å². The molecule has 0 aliphatic rings. The molecule has 1 rings (SSSR count). The minimum Gasteiger partial charge on any atom is -0.377 e. The zero-order valence-corrected chi connectivity index (χ0v) is 9.23. The molecular formula is C10H17NOS. The molecule has 0 bridgehead atoms. The van der Waals surface area contributed by atoms with E-state index in [-0.39, 0.29) is 12.1 Å². The molecule has 0 amide bonds. The maximum Gasteiger partial charge on any atom is 0.0747 e. The molecule has 2 nitrogen and oxygen atoms in total. The molecule has 3 heteroatoms. The second-order valence-corrected chi connectivity index (χ2v) is 4.45. The first-order chi connectivity index (χ1) is 6.15. The van der Waals surface area contributed by atoms with Gasteiger partial charge in [-0.25, -0.2) is 0 Å². The third-order valence-corrected chi connectivity index (χ3v) is 3.13. The van der Waals surface area contributed by atoms with Crippen molar-refractivity contribution in [1.82, 2.24) is 0 Å². The smallest absolute Gasteiger partial charge is 0.0747 e. The molecule has 2 N–H and O–H groups in total. The van der Waals surface area contributed by atoms with Gasteiger partial charge in [0.15, 0.2) is 0 Å². The fourth-order valence-corrected chi connectivity index (χ4v) is 2.20. The Hall–Kier alpha value is -0.380. The molecule has 2 unspecified atom stereocenters. The van der Waals surface area contributed by atoms with Gasteiger partial charge < -0.3 is 10.5 Å². The summed E-state index contributed by atoms with van der Waals surface area (Å²) in [5, 5.41) is 0. The fraction of sp³-hybridized carbons (Fsp3) is 0.600. The zero-order chi connectivity index (χ0) is 9.84. The van der Waals surface area contributed by atoms with Crippen molar-refractivity contribution in [3.05, 3.63) is 21.9 Å². The van der Waals surface area contributed by atoms with E-state index in [4.69, 9.17) is 10.5 Å². The third-order valence-electron chi connectivity index (χ3n) is 2.02. The SMILES string of the molecule is CCOC(C)C(N)c1ccc(C)s1. The van der Waals surface area contributed by atoms with Gasteiger partial charge in [-0.1, -0.05) is 0 Å². The number of hydrogen-bond acceptors (Lipinski definition) is 3. The standard InChI is InChI=1S/C10H17NOS/c1-4-12-8(3)10(11)9-6-5-7(2)13-9/h5-6,8,10H,4,11H2,1-3H3. The Labute approximate surface area is 83.7 Å². The summed E-state index contributed by atoms with van der Waals surface area (Å²) in [5.74, 6) is 0. The third kappa shape index (κ3) is 2.79. The molecule has 0 aromatic carbocycles. The van der Waals surface area contributed by atoms with Gasteiger partial charge in [0.05, 0.1) is 12.1 Å². The zero-order valence-electron chi connectivity index (χ0n) is 8.41. The molecule has 0 saturated heterocycles. The van der Waals surface area contributed by atoms with Crippen LogP contribution in [-0.2, 0) is 4.74 Å². The monoisotopic (exact) mass is 199 g/mol. The van der Waals surface area contributed by atoms with Gasteiger partial charge in [0.1, 0.15) is 0 Å². The summed E-state index contributed by atoms with van der Waals surface area (Å²) in [6.07, 6.45) is 0.100. The van der Waals surface area contributed by atoms with E-state index >= 15 is 0 Å². The van der Waals surface area contributed by atoms with E-state index < -0.39 is 0 Å². The lowest BCUT2D eigenvalue weighted by Crippen LogP contribution is -2.25. The summed E-state index contributed by atoms with van der Waals surface area (Å²) >= 11 is 1.75. The molecule has 13 heavy (non-hydrogen) atoms. The molecule has 2 atom stereocenters. The Balaban J connectivity index is 2.61. The minimum atomic E-state index is 0.0126. The lowest BCUT2D eigenvalue weighted by molar-refractivity contribution is 0.0582. The molecule has 1 aromatic heterocycles. The second kappa shape index (κ2) is 4.74. The van der Waals surface area contributed by atoms with Gasteiger partial charge in [-0.15, -0.1) is 11.3 Å². The van der Waals surface area contributed by atoms with Gasteiger partial charge in [0.25, 0.3) is 0 Å². The predicted molar refractivity (Wildman–Crippen MR) is 57.1 cm³/mol. The van der Waals surface area contributed by atoms with Crippen molar-refractivity contribution in [2.75, 3.05) is 6.61 Å². The highest BCUT2D eigenvalue weighted by atomic mass is 32.1. The van der Waals surface area contributed by atoms with Gasteiger partial charge in [-0.2, -0.15) is 0 Å². The Kier molecular flexibility index (Phi) is 3.90. The number of ether oxygens (including phenoxy) is 1. The molecular weight excluding hydrogens is 182 g/mol. The van der Waals surface area contributed by atoms with E-state index in [1.165, 1.54) is 9.75 Å². The van der Waals surface area contributed by atoms with E-state index in [0.29, 0.717) is 0 Å². The molecule has 0 aliphatic carbocycles. The quantitative estimate of drug-likeness (QED) is 0.808. The van der Waals surface area contributed by atoms with E-state index in [1.54, 1.807) is 11.3 Å². The van der Waals surface area contributed by atoms with Crippen LogP contribution < -0.4 is 5.73 Å². The highest BCUT2D eigenvalue weighted by molar-refractivity contribution is 7.12. The summed E-state index contributed by atoms with van der Waals surface area (Å²) in [4.78, 5) is 2.51. The summed E-state index contributed by atoms with van der Waals surface area (Å²) in [6, 6.07) is 4.19. The largest absolute Gasteiger partial charge is 0.377 e. The Morgan fingerprint density at radius 1 is 1.54 bits per heavy atom. The van der Waals surface area contributed by atoms with Crippen molar-refractivity contribution in [1.29, 1.82) is 0 Å². The minimum absolute atomic E-state index is 0.0126. The molecule has 1 heterocycles. The highest BCUT2D eigenvalue weighted by Gasteiger charge is 2.15. The van der Waals surface area contributed by atoms with E-state index in [9.17, 15) is 0 Å². The number of nitrogens with two attached hydrogens (primary N) is 1. The molecule has 1 aromatic rings. The first kappa shape index (κ1) is 10.7. The van der Waals surface area contributed by atoms with Crippen molar-refractivity contribution in [2.45, 2.75) is 32.9 Å². The van der Waals surface area contributed by atoms with Gasteiger partial charge in [-0.05, 0) is 32.9 Å². The van der Waals surface area contributed by atoms with E-state index in [2.05, 4.69) is 19.1 Å². The van der Waals surface area contributed by atoms with Crippen LogP contribution in [0.25, 0.3) is 0 Å². The van der Waals surface area contributed by atoms with Gasteiger partial charge in [0, 0.05) is 16.4 Å². The molecule has 74 valence electrons. The number of thiophene rings is 1. The van der Waals surface area contributed by atoms with Crippen molar-refractivity contribution >= 4 is 11.3 Å². The van der Waals surface area contributed by atoms with Crippen LogP contribution in [0.15, 0.2) is 12.1 Å². The Morgan fingerprint density at radius 2 is 2.23 bits per heavy atom. The van der Waals surface area contributed by atoms with Crippen LogP contribution in [0.2, 0.25) is 0 Å². The van der Waals surface area contributed by atoms with Crippen molar-refractivity contribution < 1.29 is 4.74 Å². The van der Waals surface area contributed by atoms with Crippen LogP contribution in [-0.4, -0.2) is 12.7 Å². The van der Waals surface area contributed by atoms with Crippen LogP contribution in [0, 0.1) is 6.92 Å². The van der Waals surface area contributed by atoms with Crippen molar-refractivity contribution in [3.63, 3.8) is 0 Å². The fourth-order valence-electron chi connectivity index (χ4n) is 1.23. The van der Waals surface area contributed by atoms with Crippen LogP contribution in [0.5, 0.6) is 0 Å². The topological polar surface area (TPSA) is 35.2 Å². The van der Waals surface area contributed by atoms with Gasteiger partial charge >= 0.3 is 0 Å². The van der Waals surface area contributed by atoms with E-state index in [1.807, 2.05) is 13.8 Å². The summed E-state index contributed by atoms with van der Waals surface area (Å²) in [6.45, 7) is 6.82. The van der Waals surface area contributed by atoms with E-state index in [0.717, 1.165) is 6.61 Å².